The van der Waals surface area contributed by atoms with Crippen molar-refractivity contribution in [3.8, 4) is 0 Å². The molecule has 7 heteroatoms. The van der Waals surface area contributed by atoms with Crippen LogP contribution in [0.5, 0.6) is 0 Å². The SMILES string of the molecule is CCNC(=NCc1nccn1CC(C)C)NCC(C)(O)c1ccco1. The van der Waals surface area contributed by atoms with Gasteiger partial charge in [-0.25, -0.2) is 9.98 Å². The fraction of sp³-hybridized carbons (Fsp3) is 0.556. The van der Waals surface area contributed by atoms with E-state index in [0.29, 0.717) is 24.2 Å². The Morgan fingerprint density at radius 1 is 1.44 bits per heavy atom. The zero-order valence-electron chi connectivity index (χ0n) is 15.5. The quantitative estimate of drug-likeness (QED) is 0.503. The highest BCUT2D eigenvalue weighted by Crippen LogP contribution is 2.19. The molecule has 0 amide bonds. The number of aromatic nitrogens is 2. The number of furan rings is 1. The second-order valence-corrected chi connectivity index (χ2v) is 6.69. The number of nitrogens with one attached hydrogen (secondary N) is 2. The summed E-state index contributed by atoms with van der Waals surface area (Å²) < 4.78 is 7.42. The number of hydrogen-bond acceptors (Lipinski definition) is 4. The summed E-state index contributed by atoms with van der Waals surface area (Å²) in [5.41, 5.74) is -1.12. The number of hydrogen-bond donors (Lipinski definition) is 3. The Morgan fingerprint density at radius 3 is 2.88 bits per heavy atom. The van der Waals surface area contributed by atoms with Crippen LogP contribution in [0.15, 0.2) is 40.2 Å². The largest absolute Gasteiger partial charge is 0.466 e. The lowest BCUT2D eigenvalue weighted by Gasteiger charge is -2.22. The summed E-state index contributed by atoms with van der Waals surface area (Å²) >= 11 is 0. The molecule has 1 unspecified atom stereocenters. The maximum absolute atomic E-state index is 10.5. The zero-order chi connectivity index (χ0) is 18.3. The molecular weight excluding hydrogens is 318 g/mol. The minimum absolute atomic E-state index is 0.285. The van der Waals surface area contributed by atoms with Gasteiger partial charge in [-0.15, -0.1) is 0 Å². The van der Waals surface area contributed by atoms with Crippen molar-refractivity contribution in [2.75, 3.05) is 13.1 Å². The molecule has 0 aromatic carbocycles. The van der Waals surface area contributed by atoms with E-state index in [1.54, 1.807) is 31.5 Å². The van der Waals surface area contributed by atoms with Crippen molar-refractivity contribution in [1.82, 2.24) is 20.2 Å². The van der Waals surface area contributed by atoms with Gasteiger partial charge in [-0.05, 0) is 31.9 Å². The number of imidazole rings is 1. The van der Waals surface area contributed by atoms with E-state index < -0.39 is 5.60 Å². The standard InChI is InChI=1S/C18H29N5O2/c1-5-19-17(22-13-18(4,24)15-7-6-10-25-15)21-11-16-20-8-9-23(16)12-14(2)3/h6-10,14,24H,5,11-13H2,1-4H3,(H2,19,21,22). The number of guanidine groups is 1. The van der Waals surface area contributed by atoms with Crippen LogP contribution in [0.1, 0.15) is 39.3 Å². The average Bonchev–Trinajstić information content (AvgIpc) is 3.22. The van der Waals surface area contributed by atoms with Gasteiger partial charge >= 0.3 is 0 Å². The molecule has 7 nitrogen and oxygen atoms in total. The molecule has 0 aliphatic carbocycles. The topological polar surface area (TPSA) is 87.6 Å². The van der Waals surface area contributed by atoms with E-state index in [1.807, 2.05) is 13.1 Å². The summed E-state index contributed by atoms with van der Waals surface area (Å²) in [6.07, 6.45) is 5.33. The summed E-state index contributed by atoms with van der Waals surface area (Å²) in [6, 6.07) is 3.52. The van der Waals surface area contributed by atoms with Crippen molar-refractivity contribution in [2.24, 2.45) is 10.9 Å². The highest BCUT2D eigenvalue weighted by Gasteiger charge is 2.26. The maximum atomic E-state index is 10.5. The third-order valence-corrected chi connectivity index (χ3v) is 3.74. The first-order valence-corrected chi connectivity index (χ1v) is 8.71. The molecule has 0 saturated carbocycles. The van der Waals surface area contributed by atoms with Gasteiger partial charge in [0.25, 0.3) is 0 Å². The summed E-state index contributed by atoms with van der Waals surface area (Å²) in [6.45, 7) is 10.5. The van der Waals surface area contributed by atoms with E-state index in [0.717, 1.165) is 18.9 Å². The Bertz CT molecular complexity index is 659. The van der Waals surface area contributed by atoms with E-state index in [4.69, 9.17) is 4.42 Å². The van der Waals surface area contributed by atoms with Gasteiger partial charge in [-0.1, -0.05) is 13.8 Å². The Hall–Kier alpha value is -2.28. The van der Waals surface area contributed by atoms with E-state index in [2.05, 4.69) is 39.0 Å². The highest BCUT2D eigenvalue weighted by atomic mass is 16.4. The molecule has 2 aromatic heterocycles. The summed E-state index contributed by atoms with van der Waals surface area (Å²) in [5.74, 6) is 2.62. The van der Waals surface area contributed by atoms with Gasteiger partial charge in [0.2, 0.25) is 0 Å². The molecule has 0 aliphatic heterocycles. The van der Waals surface area contributed by atoms with Crippen molar-refractivity contribution < 1.29 is 9.52 Å². The van der Waals surface area contributed by atoms with Gasteiger partial charge in [-0.3, -0.25) is 0 Å². The van der Waals surface area contributed by atoms with E-state index in [9.17, 15) is 5.11 Å². The van der Waals surface area contributed by atoms with Crippen LogP contribution in [0.2, 0.25) is 0 Å². The Morgan fingerprint density at radius 2 is 2.24 bits per heavy atom. The molecule has 0 fully saturated rings. The van der Waals surface area contributed by atoms with Crippen molar-refractivity contribution in [2.45, 2.75) is 46.4 Å². The van der Waals surface area contributed by atoms with Crippen molar-refractivity contribution in [3.05, 3.63) is 42.4 Å². The molecule has 0 bridgehead atoms. The molecule has 0 spiro atoms. The van der Waals surface area contributed by atoms with Crippen LogP contribution in [-0.2, 0) is 18.7 Å². The molecule has 1 atom stereocenters. The number of nitrogens with zero attached hydrogens (tertiary/aromatic N) is 3. The minimum Gasteiger partial charge on any atom is -0.466 e. The number of aliphatic imine (C=N–C) groups is 1. The van der Waals surface area contributed by atoms with Gasteiger partial charge in [-0.2, -0.15) is 0 Å². The van der Waals surface area contributed by atoms with Crippen LogP contribution >= 0.6 is 0 Å². The Balaban J connectivity index is 2.00. The molecule has 2 aromatic rings. The van der Waals surface area contributed by atoms with Gasteiger partial charge < -0.3 is 24.7 Å². The van der Waals surface area contributed by atoms with Crippen LogP contribution in [0, 0.1) is 5.92 Å². The minimum atomic E-state index is -1.12. The van der Waals surface area contributed by atoms with Crippen molar-refractivity contribution in [1.29, 1.82) is 0 Å². The lowest BCUT2D eigenvalue weighted by atomic mass is 10.0. The average molecular weight is 347 g/mol. The third kappa shape index (κ3) is 5.63. The first-order chi connectivity index (χ1) is 11.9. The smallest absolute Gasteiger partial charge is 0.191 e. The number of aliphatic hydroxyl groups is 1. The van der Waals surface area contributed by atoms with E-state index in [-0.39, 0.29) is 6.54 Å². The molecule has 3 N–H and O–H groups in total. The Labute approximate surface area is 149 Å². The lowest BCUT2D eigenvalue weighted by Crippen LogP contribution is -2.44. The molecule has 138 valence electrons. The second-order valence-electron chi connectivity index (χ2n) is 6.69. The van der Waals surface area contributed by atoms with Gasteiger partial charge in [0.1, 0.15) is 23.7 Å². The van der Waals surface area contributed by atoms with Crippen LogP contribution < -0.4 is 10.6 Å². The molecule has 25 heavy (non-hydrogen) atoms. The fourth-order valence-electron chi connectivity index (χ4n) is 2.47. The summed E-state index contributed by atoms with van der Waals surface area (Å²) in [4.78, 5) is 8.96. The van der Waals surface area contributed by atoms with Gasteiger partial charge in [0, 0.05) is 25.5 Å². The molecule has 0 aliphatic rings. The van der Waals surface area contributed by atoms with Gasteiger partial charge in [0.05, 0.1) is 12.8 Å². The van der Waals surface area contributed by atoms with Crippen molar-refractivity contribution in [3.63, 3.8) is 0 Å². The predicted molar refractivity (Wildman–Crippen MR) is 98.2 cm³/mol. The summed E-state index contributed by atoms with van der Waals surface area (Å²) in [7, 11) is 0. The normalized spacial score (nSPS) is 14.6. The maximum Gasteiger partial charge on any atom is 0.191 e. The zero-order valence-corrected chi connectivity index (χ0v) is 15.5. The van der Waals surface area contributed by atoms with Crippen LogP contribution in [0.3, 0.4) is 0 Å². The predicted octanol–water partition coefficient (Wildman–Crippen LogP) is 2.09. The fourth-order valence-corrected chi connectivity index (χ4v) is 2.47. The third-order valence-electron chi connectivity index (χ3n) is 3.74. The van der Waals surface area contributed by atoms with E-state index in [1.165, 1.54) is 0 Å². The first-order valence-electron chi connectivity index (χ1n) is 8.71. The molecule has 0 radical (unpaired) electrons. The second kappa shape index (κ2) is 8.71. The molecular formula is C18H29N5O2. The van der Waals surface area contributed by atoms with E-state index >= 15 is 0 Å². The van der Waals surface area contributed by atoms with Crippen LogP contribution in [0.25, 0.3) is 0 Å². The first kappa shape index (κ1) is 19.1. The highest BCUT2D eigenvalue weighted by molar-refractivity contribution is 5.79. The molecule has 0 saturated heterocycles. The molecule has 2 heterocycles. The van der Waals surface area contributed by atoms with Crippen LogP contribution in [0.4, 0.5) is 0 Å². The van der Waals surface area contributed by atoms with Crippen molar-refractivity contribution >= 4 is 5.96 Å². The lowest BCUT2D eigenvalue weighted by molar-refractivity contribution is 0.0386. The molecule has 2 rings (SSSR count). The summed E-state index contributed by atoms with van der Waals surface area (Å²) in [5, 5.41) is 16.9. The van der Waals surface area contributed by atoms with Crippen LogP contribution in [-0.4, -0.2) is 33.7 Å². The Kier molecular flexibility index (Phi) is 6.64. The number of rotatable bonds is 8. The monoisotopic (exact) mass is 347 g/mol. The van der Waals surface area contributed by atoms with Gasteiger partial charge in [0.15, 0.2) is 5.96 Å².